The van der Waals surface area contributed by atoms with Gasteiger partial charge in [0.2, 0.25) is 5.88 Å². The van der Waals surface area contributed by atoms with Gasteiger partial charge in [-0.2, -0.15) is 10.5 Å². The summed E-state index contributed by atoms with van der Waals surface area (Å²) in [6.45, 7) is 6.36. The van der Waals surface area contributed by atoms with E-state index < -0.39 is 0 Å². The molecular formula is C22H23ClN6O2. The van der Waals surface area contributed by atoms with E-state index in [1.165, 1.54) is 0 Å². The zero-order chi connectivity index (χ0) is 21.8. The third-order valence-corrected chi connectivity index (χ3v) is 5.89. The molecule has 4 heterocycles. The molecule has 1 N–H and O–H groups in total. The lowest BCUT2D eigenvalue weighted by Crippen LogP contribution is -2.33. The molecular weight excluding hydrogens is 416 g/mol. The lowest BCUT2D eigenvalue weighted by molar-refractivity contribution is -0.0514. The van der Waals surface area contributed by atoms with Crippen molar-refractivity contribution in [1.82, 2.24) is 14.9 Å². The highest BCUT2D eigenvalue weighted by Crippen LogP contribution is 2.32. The minimum Gasteiger partial charge on any atom is -0.477 e. The van der Waals surface area contributed by atoms with Crippen LogP contribution in [0.25, 0.3) is 0 Å². The molecule has 9 heteroatoms. The number of halogens is 1. The predicted octanol–water partition coefficient (Wildman–Crippen LogP) is 2.83. The Labute approximate surface area is 186 Å². The SMILES string of the molecule is Cc1nc(OCC2COC2)ccc1CN1CCc2c(NCC#N)nc(Cl)c(C#N)c2C1. The summed E-state index contributed by atoms with van der Waals surface area (Å²) >= 11 is 6.26. The molecule has 2 aromatic heterocycles. The zero-order valence-corrected chi connectivity index (χ0v) is 18.1. The molecule has 2 aromatic rings. The van der Waals surface area contributed by atoms with Crippen LogP contribution in [-0.2, 0) is 24.2 Å². The quantitative estimate of drug-likeness (QED) is 0.519. The second-order valence-corrected chi connectivity index (χ2v) is 8.13. The fourth-order valence-corrected chi connectivity index (χ4v) is 4.05. The van der Waals surface area contributed by atoms with Gasteiger partial charge in [0, 0.05) is 42.9 Å². The first-order chi connectivity index (χ1) is 15.1. The first-order valence-electron chi connectivity index (χ1n) is 10.2. The summed E-state index contributed by atoms with van der Waals surface area (Å²) in [5.74, 6) is 1.68. The molecule has 0 aliphatic carbocycles. The molecule has 0 atom stereocenters. The van der Waals surface area contributed by atoms with Gasteiger partial charge in [-0.1, -0.05) is 17.7 Å². The van der Waals surface area contributed by atoms with Gasteiger partial charge in [-0.15, -0.1) is 0 Å². The van der Waals surface area contributed by atoms with Crippen LogP contribution in [0.5, 0.6) is 5.88 Å². The van der Waals surface area contributed by atoms with Crippen LogP contribution in [0.1, 0.15) is 27.9 Å². The summed E-state index contributed by atoms with van der Waals surface area (Å²) in [6, 6.07) is 8.20. The van der Waals surface area contributed by atoms with Crippen molar-refractivity contribution < 1.29 is 9.47 Å². The standard InChI is InChI=1S/C22H23ClN6O2/c1-14-16(2-3-20(27-14)31-13-15-11-30-12-15)9-29-7-4-17-19(10-29)18(8-25)21(23)28-22(17)26-6-5-24/h2-3,15H,4,6-7,9-13H2,1H3,(H,26,28). The molecule has 0 aromatic carbocycles. The molecule has 4 rings (SSSR count). The van der Waals surface area contributed by atoms with E-state index in [2.05, 4.69) is 38.4 Å². The summed E-state index contributed by atoms with van der Waals surface area (Å²) in [7, 11) is 0. The summed E-state index contributed by atoms with van der Waals surface area (Å²) in [5.41, 5.74) is 4.29. The van der Waals surface area contributed by atoms with E-state index in [0.717, 1.165) is 48.6 Å². The molecule has 2 aliphatic rings. The highest BCUT2D eigenvalue weighted by molar-refractivity contribution is 6.30. The Morgan fingerprint density at radius 3 is 2.81 bits per heavy atom. The van der Waals surface area contributed by atoms with Crippen molar-refractivity contribution in [2.75, 3.05) is 38.2 Å². The van der Waals surface area contributed by atoms with Crippen LogP contribution < -0.4 is 10.1 Å². The summed E-state index contributed by atoms with van der Waals surface area (Å²) < 4.78 is 10.9. The Bertz CT molecular complexity index is 1060. The minimum atomic E-state index is 0.137. The number of hydrogen-bond donors (Lipinski definition) is 1. The van der Waals surface area contributed by atoms with Gasteiger partial charge < -0.3 is 14.8 Å². The molecule has 1 saturated heterocycles. The number of nitrogens with zero attached hydrogens (tertiary/aromatic N) is 5. The lowest BCUT2D eigenvalue weighted by atomic mass is 9.96. The minimum absolute atomic E-state index is 0.137. The molecule has 0 amide bonds. The molecule has 0 radical (unpaired) electrons. The number of aromatic nitrogens is 2. The lowest BCUT2D eigenvalue weighted by Gasteiger charge is -2.31. The number of anilines is 1. The molecule has 0 unspecified atom stereocenters. The summed E-state index contributed by atoms with van der Waals surface area (Å²) in [5, 5.41) is 21.7. The number of nitrogens with one attached hydrogen (secondary N) is 1. The third kappa shape index (κ3) is 4.72. The number of hydrogen-bond acceptors (Lipinski definition) is 8. The van der Waals surface area contributed by atoms with Gasteiger partial charge in [0.25, 0.3) is 0 Å². The first-order valence-corrected chi connectivity index (χ1v) is 10.6. The van der Waals surface area contributed by atoms with Gasteiger partial charge in [0.05, 0.1) is 31.5 Å². The normalized spacial score (nSPS) is 16.0. The molecule has 8 nitrogen and oxygen atoms in total. The fraction of sp³-hybridized carbons (Fsp3) is 0.455. The highest BCUT2D eigenvalue weighted by atomic mass is 35.5. The summed E-state index contributed by atoms with van der Waals surface area (Å²) in [4.78, 5) is 11.2. The molecule has 160 valence electrons. The smallest absolute Gasteiger partial charge is 0.213 e. The summed E-state index contributed by atoms with van der Waals surface area (Å²) in [6.07, 6.45) is 0.721. The number of pyridine rings is 2. The van der Waals surface area contributed by atoms with Crippen LogP contribution in [0.3, 0.4) is 0 Å². The van der Waals surface area contributed by atoms with E-state index in [1.807, 2.05) is 13.0 Å². The van der Waals surface area contributed by atoms with Gasteiger partial charge >= 0.3 is 0 Å². The van der Waals surface area contributed by atoms with Crippen molar-refractivity contribution in [2.24, 2.45) is 5.92 Å². The van der Waals surface area contributed by atoms with Crippen molar-refractivity contribution in [3.63, 3.8) is 0 Å². The van der Waals surface area contributed by atoms with Crippen molar-refractivity contribution >= 4 is 17.4 Å². The maximum Gasteiger partial charge on any atom is 0.213 e. The number of aryl methyl sites for hydroxylation is 1. The fourth-order valence-electron chi connectivity index (χ4n) is 3.81. The van der Waals surface area contributed by atoms with Crippen molar-refractivity contribution in [1.29, 1.82) is 10.5 Å². The number of rotatable bonds is 7. The van der Waals surface area contributed by atoms with E-state index in [1.54, 1.807) is 0 Å². The molecule has 2 aliphatic heterocycles. The predicted molar refractivity (Wildman–Crippen MR) is 115 cm³/mol. The average molecular weight is 439 g/mol. The molecule has 0 spiro atoms. The third-order valence-electron chi connectivity index (χ3n) is 5.61. The van der Waals surface area contributed by atoms with Crippen LogP contribution in [-0.4, -0.2) is 47.8 Å². The Balaban J connectivity index is 1.48. The van der Waals surface area contributed by atoms with Crippen LogP contribution in [0.4, 0.5) is 5.82 Å². The van der Waals surface area contributed by atoms with Crippen molar-refractivity contribution in [2.45, 2.75) is 26.4 Å². The van der Waals surface area contributed by atoms with Crippen LogP contribution in [0.15, 0.2) is 12.1 Å². The van der Waals surface area contributed by atoms with Gasteiger partial charge in [-0.3, -0.25) is 4.90 Å². The van der Waals surface area contributed by atoms with Gasteiger partial charge in [0.1, 0.15) is 23.6 Å². The Morgan fingerprint density at radius 1 is 1.29 bits per heavy atom. The Morgan fingerprint density at radius 2 is 2.13 bits per heavy atom. The van der Waals surface area contributed by atoms with Crippen LogP contribution in [0.2, 0.25) is 5.15 Å². The van der Waals surface area contributed by atoms with Crippen molar-refractivity contribution in [3.05, 3.63) is 45.2 Å². The average Bonchev–Trinajstić information content (AvgIpc) is 2.72. The molecule has 1 fully saturated rings. The van der Waals surface area contributed by atoms with Crippen LogP contribution in [0, 0.1) is 35.5 Å². The maximum absolute atomic E-state index is 9.61. The van der Waals surface area contributed by atoms with Gasteiger partial charge in [-0.05, 0) is 24.5 Å². The van der Waals surface area contributed by atoms with Crippen molar-refractivity contribution in [3.8, 4) is 18.0 Å². The van der Waals surface area contributed by atoms with Gasteiger partial charge in [0.15, 0.2) is 0 Å². The Kier molecular flexibility index (Phi) is 6.53. The highest BCUT2D eigenvalue weighted by Gasteiger charge is 2.26. The number of fused-ring (bicyclic) bond motifs is 1. The monoisotopic (exact) mass is 438 g/mol. The second-order valence-electron chi connectivity index (χ2n) is 7.78. The Hall–Kier alpha value is -2.91. The number of ether oxygens (including phenoxy) is 2. The van der Waals surface area contributed by atoms with E-state index in [9.17, 15) is 5.26 Å². The van der Waals surface area contributed by atoms with Gasteiger partial charge in [-0.25, -0.2) is 9.97 Å². The first kappa shape index (κ1) is 21.3. The topological polar surface area (TPSA) is 107 Å². The van der Waals surface area contributed by atoms with E-state index >= 15 is 0 Å². The maximum atomic E-state index is 9.61. The van der Waals surface area contributed by atoms with E-state index in [4.69, 9.17) is 26.3 Å². The molecule has 31 heavy (non-hydrogen) atoms. The largest absolute Gasteiger partial charge is 0.477 e. The zero-order valence-electron chi connectivity index (χ0n) is 17.3. The second kappa shape index (κ2) is 9.49. The molecule has 0 bridgehead atoms. The van der Waals surface area contributed by atoms with E-state index in [0.29, 0.717) is 42.9 Å². The number of nitriles is 2. The molecule has 0 saturated carbocycles. The van der Waals surface area contributed by atoms with E-state index in [-0.39, 0.29) is 11.7 Å². The van der Waals surface area contributed by atoms with Crippen LogP contribution >= 0.6 is 11.6 Å².